The van der Waals surface area contributed by atoms with E-state index in [9.17, 15) is 9.59 Å². The van der Waals surface area contributed by atoms with E-state index in [-0.39, 0.29) is 18.2 Å². The summed E-state index contributed by atoms with van der Waals surface area (Å²) in [4.78, 5) is 29.6. The van der Waals surface area contributed by atoms with E-state index in [1.165, 1.54) is 0 Å². The van der Waals surface area contributed by atoms with Crippen LogP contribution in [0.15, 0.2) is 110 Å². The number of hydrogen-bond donors (Lipinski definition) is 1. The van der Waals surface area contributed by atoms with Crippen molar-refractivity contribution in [1.82, 2.24) is 9.55 Å². The number of rotatable bonds is 8. The number of nitrogens with zero attached hydrogens (tertiary/aromatic N) is 3. The van der Waals surface area contributed by atoms with Crippen LogP contribution in [0.2, 0.25) is 0 Å². The maximum atomic E-state index is 12.7. The molecule has 6 heteroatoms. The highest BCUT2D eigenvalue weighted by Crippen LogP contribution is 2.21. The third-order valence-corrected chi connectivity index (χ3v) is 5.89. The van der Waals surface area contributed by atoms with Crippen molar-refractivity contribution < 1.29 is 14.2 Å². The third kappa shape index (κ3) is 5.33. The van der Waals surface area contributed by atoms with Crippen molar-refractivity contribution in [3.05, 3.63) is 115 Å². The van der Waals surface area contributed by atoms with E-state index in [1.807, 2.05) is 101 Å². The van der Waals surface area contributed by atoms with Gasteiger partial charge in [-0.25, -0.2) is 9.13 Å². The molecule has 5 aromatic rings. The summed E-state index contributed by atoms with van der Waals surface area (Å²) in [5, 5.41) is 3.94. The number of hydrogen-bond acceptors (Lipinski definition) is 3. The van der Waals surface area contributed by atoms with E-state index in [0.29, 0.717) is 24.2 Å². The van der Waals surface area contributed by atoms with Gasteiger partial charge in [-0.3, -0.25) is 14.6 Å². The van der Waals surface area contributed by atoms with Gasteiger partial charge in [-0.1, -0.05) is 72.8 Å². The van der Waals surface area contributed by atoms with Crippen LogP contribution in [0.1, 0.15) is 16.8 Å². The number of nitrogens with one attached hydrogen (secondary N) is 1. The summed E-state index contributed by atoms with van der Waals surface area (Å²) in [7, 11) is 0. The van der Waals surface area contributed by atoms with Crippen molar-refractivity contribution in [3.63, 3.8) is 0 Å². The number of carbonyl (C=O) groups excluding carboxylic acids is 2. The van der Waals surface area contributed by atoms with Crippen molar-refractivity contribution in [2.45, 2.75) is 19.5 Å². The molecule has 2 heterocycles. The molecule has 2 aromatic heterocycles. The van der Waals surface area contributed by atoms with Gasteiger partial charge in [0.25, 0.3) is 0 Å². The Morgan fingerprint density at radius 3 is 2.46 bits per heavy atom. The largest absolute Gasteiger partial charge is 0.324 e. The monoisotopic (exact) mass is 461 g/mol. The molecule has 1 amide bonds. The summed E-state index contributed by atoms with van der Waals surface area (Å²) in [5.74, 6) is -0.0495. The van der Waals surface area contributed by atoms with Crippen molar-refractivity contribution in [1.29, 1.82) is 0 Å². The second kappa shape index (κ2) is 10.1. The highest BCUT2D eigenvalue weighted by atomic mass is 16.1. The average Bonchev–Trinajstić information content (AvgIpc) is 3.35. The molecule has 0 saturated carbocycles. The van der Waals surface area contributed by atoms with Crippen LogP contribution in [0.25, 0.3) is 22.0 Å². The Morgan fingerprint density at radius 1 is 0.857 bits per heavy atom. The van der Waals surface area contributed by atoms with Gasteiger partial charge in [-0.15, -0.1) is 0 Å². The number of para-hydroxylation sites is 1. The molecule has 0 radical (unpaired) electrons. The predicted molar refractivity (Wildman–Crippen MR) is 136 cm³/mol. The summed E-state index contributed by atoms with van der Waals surface area (Å²) < 4.78 is 3.74. The molecule has 6 nitrogen and oxygen atoms in total. The Labute approximate surface area is 203 Å². The molecule has 0 spiro atoms. The molecule has 3 aromatic carbocycles. The number of anilines is 1. The van der Waals surface area contributed by atoms with E-state index >= 15 is 0 Å². The van der Waals surface area contributed by atoms with Crippen molar-refractivity contribution in [3.8, 4) is 11.1 Å². The van der Waals surface area contributed by atoms with Gasteiger partial charge < -0.3 is 5.32 Å². The number of aryl methyl sites for hydroxylation is 1. The first-order valence-electron chi connectivity index (χ1n) is 11.5. The van der Waals surface area contributed by atoms with Crippen molar-refractivity contribution in [2.75, 3.05) is 5.32 Å². The van der Waals surface area contributed by atoms with Crippen LogP contribution in [0.4, 0.5) is 5.69 Å². The van der Waals surface area contributed by atoms with E-state index in [4.69, 9.17) is 0 Å². The van der Waals surface area contributed by atoms with E-state index in [2.05, 4.69) is 22.4 Å². The number of carbonyl (C=O) groups is 2. The fraction of sp³-hybridized carbons (Fsp3) is 0.103. The van der Waals surface area contributed by atoms with Gasteiger partial charge in [-0.05, 0) is 23.3 Å². The quantitative estimate of drug-likeness (QED) is 0.264. The highest BCUT2D eigenvalue weighted by Gasteiger charge is 2.13. The molecule has 0 saturated heterocycles. The number of benzene rings is 3. The topological polar surface area (TPSA) is 67.9 Å². The van der Waals surface area contributed by atoms with E-state index in [1.54, 1.807) is 6.20 Å². The fourth-order valence-corrected chi connectivity index (χ4v) is 4.05. The number of imidazole rings is 1. The zero-order chi connectivity index (χ0) is 24.0. The highest BCUT2D eigenvalue weighted by molar-refractivity contribution is 6.00. The minimum absolute atomic E-state index is 0.0357. The lowest BCUT2D eigenvalue weighted by Gasteiger charge is -2.07. The van der Waals surface area contributed by atoms with Gasteiger partial charge in [0.05, 0.1) is 24.2 Å². The fourth-order valence-electron chi connectivity index (χ4n) is 4.05. The van der Waals surface area contributed by atoms with Gasteiger partial charge in [0.2, 0.25) is 18.0 Å². The number of Topliss-reactive ketones (excluding diaryl/α,β-unsaturated/α-hetero) is 1. The normalized spacial score (nSPS) is 10.9. The lowest BCUT2D eigenvalue weighted by molar-refractivity contribution is -0.682. The van der Waals surface area contributed by atoms with Crippen LogP contribution < -0.4 is 9.88 Å². The predicted octanol–water partition coefficient (Wildman–Crippen LogP) is 4.90. The number of fused-ring (bicyclic) bond motifs is 1. The third-order valence-electron chi connectivity index (χ3n) is 5.89. The Hall–Kier alpha value is -4.58. The Kier molecular flexibility index (Phi) is 6.44. The first kappa shape index (κ1) is 22.2. The molecule has 5 rings (SSSR count). The van der Waals surface area contributed by atoms with Crippen LogP contribution in [0, 0.1) is 0 Å². The zero-order valence-electron chi connectivity index (χ0n) is 19.2. The van der Waals surface area contributed by atoms with E-state index in [0.717, 1.165) is 22.0 Å². The minimum atomic E-state index is -0.0852. The molecule has 0 bridgehead atoms. The molecule has 1 N–H and O–H groups in total. The summed E-state index contributed by atoms with van der Waals surface area (Å²) in [6.45, 7) is 0.753. The Morgan fingerprint density at radius 2 is 1.63 bits per heavy atom. The zero-order valence-corrected chi connectivity index (χ0v) is 19.2. The molecule has 0 aliphatic heterocycles. The minimum Gasteiger partial charge on any atom is -0.324 e. The maximum absolute atomic E-state index is 12.7. The molecular weight excluding hydrogens is 436 g/mol. The summed E-state index contributed by atoms with van der Waals surface area (Å²) in [6, 6.07) is 27.3. The molecule has 0 atom stereocenters. The second-order valence-corrected chi connectivity index (χ2v) is 8.37. The number of pyridine rings is 1. The molecule has 172 valence electrons. The maximum Gasteiger partial charge on any atom is 0.244 e. The van der Waals surface area contributed by atoms with Crippen LogP contribution in [-0.2, 0) is 17.9 Å². The standard InChI is InChI=1S/C29H24N4O2/c34-27(24-13-11-23(12-14-24)22-6-2-1-3-7-22)20-33-19-18-32(21-33)17-15-28(35)31-26-10-4-8-25-9-5-16-30-29(25)26/h1-14,16,18-19,21H,15,17,20H2/p+1. The summed E-state index contributed by atoms with van der Waals surface area (Å²) >= 11 is 0. The van der Waals surface area contributed by atoms with Crippen LogP contribution >= 0.6 is 0 Å². The molecule has 0 fully saturated rings. The molecule has 0 aliphatic carbocycles. The van der Waals surface area contributed by atoms with Gasteiger partial charge >= 0.3 is 0 Å². The van der Waals surface area contributed by atoms with Crippen LogP contribution in [-0.4, -0.2) is 21.2 Å². The van der Waals surface area contributed by atoms with Crippen molar-refractivity contribution in [2.24, 2.45) is 0 Å². The average molecular weight is 462 g/mol. The van der Waals surface area contributed by atoms with Crippen LogP contribution in [0.5, 0.6) is 0 Å². The molecule has 0 unspecified atom stereocenters. The van der Waals surface area contributed by atoms with Crippen molar-refractivity contribution >= 4 is 28.3 Å². The summed E-state index contributed by atoms with van der Waals surface area (Å²) in [6.07, 6.45) is 7.60. The summed E-state index contributed by atoms with van der Waals surface area (Å²) in [5.41, 5.74) is 4.36. The van der Waals surface area contributed by atoms with E-state index < -0.39 is 0 Å². The smallest absolute Gasteiger partial charge is 0.244 e. The number of ketones is 1. The van der Waals surface area contributed by atoms with Gasteiger partial charge in [-0.2, -0.15) is 0 Å². The van der Waals surface area contributed by atoms with Crippen LogP contribution in [0.3, 0.4) is 0 Å². The molecular formula is C29H25N4O2+. The first-order chi connectivity index (χ1) is 17.2. The lowest BCUT2D eigenvalue weighted by Crippen LogP contribution is -2.35. The Balaban J connectivity index is 1.16. The Bertz CT molecular complexity index is 1470. The first-order valence-corrected chi connectivity index (χ1v) is 11.5. The van der Waals surface area contributed by atoms with Gasteiger partial charge in [0.1, 0.15) is 12.4 Å². The lowest BCUT2D eigenvalue weighted by atomic mass is 10.0. The molecule has 35 heavy (non-hydrogen) atoms. The SMILES string of the molecule is O=C(CCn1cc[n+](CC(=O)c2ccc(-c3ccccc3)cc2)c1)Nc1cccc2cccnc12. The molecule has 0 aliphatic rings. The van der Waals surface area contributed by atoms with Gasteiger partial charge in [0.15, 0.2) is 6.54 Å². The number of amides is 1. The second-order valence-electron chi connectivity index (χ2n) is 8.37. The van der Waals surface area contributed by atoms with Gasteiger partial charge in [0, 0.05) is 17.1 Å². The number of aromatic nitrogens is 3.